The van der Waals surface area contributed by atoms with Crippen molar-refractivity contribution in [1.82, 2.24) is 0 Å². The standard InChI is InChI=1S/C10H17N.C4H7NO/c11-10-4-7-1-8(5-10)3-9(2-7)6-10;1-3(2)4(5)6/h7-9H,1-6,11H2;1H2,2H3,(H2,5,6). The van der Waals surface area contributed by atoms with Gasteiger partial charge in [0.25, 0.3) is 0 Å². The zero-order chi connectivity index (χ0) is 12.6. The number of hydrogen-bond donors (Lipinski definition) is 2. The zero-order valence-corrected chi connectivity index (χ0v) is 10.7. The van der Waals surface area contributed by atoms with Gasteiger partial charge in [-0.1, -0.05) is 6.58 Å². The second-order valence-electron chi connectivity index (χ2n) is 6.42. The molecule has 0 aromatic carbocycles. The second-order valence-corrected chi connectivity index (χ2v) is 6.42. The van der Waals surface area contributed by atoms with Crippen molar-refractivity contribution in [3.05, 3.63) is 12.2 Å². The normalized spacial score (nSPS) is 41.6. The van der Waals surface area contributed by atoms with Crippen molar-refractivity contribution in [3.8, 4) is 0 Å². The average molecular weight is 236 g/mol. The fraction of sp³-hybridized carbons (Fsp3) is 0.786. The number of nitrogens with two attached hydrogens (primary N) is 2. The molecule has 0 unspecified atom stereocenters. The van der Waals surface area contributed by atoms with Crippen LogP contribution in [0.5, 0.6) is 0 Å². The Morgan fingerprint density at radius 2 is 1.41 bits per heavy atom. The van der Waals surface area contributed by atoms with E-state index in [1.54, 1.807) is 6.92 Å². The molecular weight excluding hydrogens is 212 g/mol. The molecule has 0 radical (unpaired) electrons. The molecule has 4 rings (SSSR count). The highest BCUT2D eigenvalue weighted by Crippen LogP contribution is 2.54. The smallest absolute Gasteiger partial charge is 0.243 e. The van der Waals surface area contributed by atoms with Crippen LogP contribution < -0.4 is 11.5 Å². The van der Waals surface area contributed by atoms with Crippen molar-refractivity contribution < 1.29 is 4.79 Å². The third-order valence-corrected chi connectivity index (χ3v) is 4.51. The predicted octanol–water partition coefficient (Wildman–Crippen LogP) is 1.96. The summed E-state index contributed by atoms with van der Waals surface area (Å²) < 4.78 is 0. The summed E-state index contributed by atoms with van der Waals surface area (Å²) in [6.45, 7) is 4.85. The first-order valence-corrected chi connectivity index (χ1v) is 6.62. The quantitative estimate of drug-likeness (QED) is 0.683. The van der Waals surface area contributed by atoms with Gasteiger partial charge in [0.1, 0.15) is 0 Å². The molecule has 0 spiro atoms. The molecule has 96 valence electrons. The fourth-order valence-corrected chi connectivity index (χ4v) is 4.18. The van der Waals surface area contributed by atoms with Crippen LogP contribution in [0.4, 0.5) is 0 Å². The van der Waals surface area contributed by atoms with Crippen LogP contribution in [0.3, 0.4) is 0 Å². The summed E-state index contributed by atoms with van der Waals surface area (Å²) in [5.41, 5.74) is 11.7. The third-order valence-electron chi connectivity index (χ3n) is 4.51. The van der Waals surface area contributed by atoms with E-state index in [2.05, 4.69) is 6.58 Å². The second kappa shape index (κ2) is 4.45. The first-order chi connectivity index (χ1) is 7.88. The minimum atomic E-state index is -0.435. The highest BCUT2D eigenvalue weighted by molar-refractivity contribution is 5.90. The van der Waals surface area contributed by atoms with Gasteiger partial charge in [-0.05, 0) is 63.2 Å². The first-order valence-electron chi connectivity index (χ1n) is 6.62. The molecule has 0 aromatic rings. The molecule has 4 saturated carbocycles. The molecule has 4 N–H and O–H groups in total. The molecule has 3 nitrogen and oxygen atoms in total. The van der Waals surface area contributed by atoms with Crippen molar-refractivity contribution in [3.63, 3.8) is 0 Å². The molecule has 4 aliphatic carbocycles. The number of primary amides is 1. The molecule has 3 heteroatoms. The van der Waals surface area contributed by atoms with E-state index in [9.17, 15) is 4.79 Å². The summed E-state index contributed by atoms with van der Waals surface area (Å²) in [6.07, 6.45) is 8.57. The lowest BCUT2D eigenvalue weighted by atomic mass is 9.53. The van der Waals surface area contributed by atoms with Crippen LogP contribution >= 0.6 is 0 Å². The van der Waals surface area contributed by atoms with E-state index >= 15 is 0 Å². The molecule has 0 heterocycles. The van der Waals surface area contributed by atoms with Crippen molar-refractivity contribution in [2.24, 2.45) is 29.2 Å². The van der Waals surface area contributed by atoms with Gasteiger partial charge >= 0.3 is 0 Å². The van der Waals surface area contributed by atoms with Crippen molar-refractivity contribution in [2.75, 3.05) is 0 Å². The Kier molecular flexibility index (Phi) is 3.30. The number of carbonyl (C=O) groups is 1. The molecule has 0 aromatic heterocycles. The summed E-state index contributed by atoms with van der Waals surface area (Å²) >= 11 is 0. The molecule has 0 aliphatic heterocycles. The number of hydrogen-bond acceptors (Lipinski definition) is 2. The van der Waals surface area contributed by atoms with Gasteiger partial charge in [0.2, 0.25) is 5.91 Å². The van der Waals surface area contributed by atoms with Crippen LogP contribution in [-0.4, -0.2) is 11.4 Å². The molecule has 0 saturated heterocycles. The molecule has 1 amide bonds. The zero-order valence-electron chi connectivity index (χ0n) is 10.7. The maximum absolute atomic E-state index is 9.82. The van der Waals surface area contributed by atoms with Crippen LogP contribution in [0.25, 0.3) is 0 Å². The Labute approximate surface area is 104 Å². The van der Waals surface area contributed by atoms with Gasteiger partial charge < -0.3 is 11.5 Å². The van der Waals surface area contributed by atoms with Gasteiger partial charge in [0.15, 0.2) is 0 Å². The third kappa shape index (κ3) is 2.89. The molecule has 4 fully saturated rings. The van der Waals surface area contributed by atoms with Crippen molar-refractivity contribution >= 4 is 5.91 Å². The molecule has 4 aliphatic rings. The number of rotatable bonds is 1. The summed E-state index contributed by atoms with van der Waals surface area (Å²) in [5.74, 6) is 2.62. The molecule has 4 bridgehead atoms. The minimum absolute atomic E-state index is 0.300. The van der Waals surface area contributed by atoms with Gasteiger partial charge in [0.05, 0.1) is 0 Å². The minimum Gasteiger partial charge on any atom is -0.366 e. The summed E-state index contributed by atoms with van der Waals surface area (Å²) in [7, 11) is 0. The van der Waals surface area contributed by atoms with E-state index in [0.717, 1.165) is 17.8 Å². The summed E-state index contributed by atoms with van der Waals surface area (Å²) in [4.78, 5) is 9.82. The first kappa shape index (κ1) is 12.6. The van der Waals surface area contributed by atoms with E-state index < -0.39 is 5.91 Å². The average Bonchev–Trinajstić information content (AvgIpc) is 2.13. The highest BCUT2D eigenvalue weighted by Gasteiger charge is 2.48. The van der Waals surface area contributed by atoms with Gasteiger partial charge in [-0.2, -0.15) is 0 Å². The fourth-order valence-electron chi connectivity index (χ4n) is 4.18. The molecule has 0 atom stereocenters. The maximum atomic E-state index is 9.82. The van der Waals surface area contributed by atoms with E-state index in [1.165, 1.54) is 38.5 Å². The predicted molar refractivity (Wildman–Crippen MR) is 69.1 cm³/mol. The SMILES string of the molecule is C=C(C)C(N)=O.NC12CC3CC(CC(C3)C1)C2. The number of amides is 1. The highest BCUT2D eigenvalue weighted by atomic mass is 16.1. The van der Waals surface area contributed by atoms with Crippen LogP contribution in [0, 0.1) is 17.8 Å². The van der Waals surface area contributed by atoms with Crippen LogP contribution in [-0.2, 0) is 4.79 Å². The Morgan fingerprint density at radius 1 is 1.12 bits per heavy atom. The summed E-state index contributed by atoms with van der Waals surface area (Å²) in [6, 6.07) is 0. The lowest BCUT2D eigenvalue weighted by Gasteiger charge is -2.55. The summed E-state index contributed by atoms with van der Waals surface area (Å²) in [5, 5.41) is 0. The monoisotopic (exact) mass is 236 g/mol. The van der Waals surface area contributed by atoms with E-state index in [4.69, 9.17) is 11.5 Å². The van der Waals surface area contributed by atoms with Gasteiger partial charge in [-0.3, -0.25) is 4.79 Å². The van der Waals surface area contributed by atoms with Gasteiger partial charge in [0, 0.05) is 11.1 Å². The Hall–Kier alpha value is -0.830. The van der Waals surface area contributed by atoms with Gasteiger partial charge in [-0.15, -0.1) is 0 Å². The lowest BCUT2D eigenvalue weighted by molar-refractivity contribution is -0.114. The van der Waals surface area contributed by atoms with E-state index in [0.29, 0.717) is 11.1 Å². The maximum Gasteiger partial charge on any atom is 0.243 e. The Balaban J connectivity index is 0.000000157. The van der Waals surface area contributed by atoms with Crippen LogP contribution in [0.15, 0.2) is 12.2 Å². The Bertz CT molecular complexity index is 288. The number of carbonyl (C=O) groups excluding carboxylic acids is 1. The lowest BCUT2D eigenvalue weighted by Crippen LogP contribution is -2.55. The topological polar surface area (TPSA) is 69.1 Å². The van der Waals surface area contributed by atoms with Crippen LogP contribution in [0.1, 0.15) is 45.4 Å². The van der Waals surface area contributed by atoms with Crippen molar-refractivity contribution in [2.45, 2.75) is 51.0 Å². The van der Waals surface area contributed by atoms with Gasteiger partial charge in [-0.25, -0.2) is 0 Å². The van der Waals surface area contributed by atoms with E-state index in [-0.39, 0.29) is 0 Å². The largest absolute Gasteiger partial charge is 0.366 e. The Morgan fingerprint density at radius 3 is 1.59 bits per heavy atom. The van der Waals surface area contributed by atoms with Crippen LogP contribution in [0.2, 0.25) is 0 Å². The van der Waals surface area contributed by atoms with E-state index in [1.807, 2.05) is 0 Å². The molecule has 17 heavy (non-hydrogen) atoms. The van der Waals surface area contributed by atoms with Crippen molar-refractivity contribution in [1.29, 1.82) is 0 Å². The molecular formula is C14H24N2O.